The minimum absolute atomic E-state index is 0.0167. The van der Waals surface area contributed by atoms with E-state index in [1.54, 1.807) is 0 Å². The standard InChI is InChI=1S/C56H49N/c1-37-16-29-45(30-17-37)57(47-33-26-41(27-34-47)44-28-35-51-50-12-7-8-15-53(50)56(3,4)54(51)36-44)46-31-24-40(25-32-46)39-18-20-42(21-19-39)49-13-9-14-52(55(49)43-22-23-43)48-11-6-5-10-38(48)2/h5-16,18-21,24-37,43H,17,22-23H2,1-4H3. The predicted molar refractivity (Wildman–Crippen MR) is 242 cm³/mol. The van der Waals surface area contributed by atoms with Crippen molar-refractivity contribution < 1.29 is 0 Å². The molecule has 0 N–H and O–H groups in total. The number of hydrogen-bond acceptors (Lipinski definition) is 1. The molecule has 1 atom stereocenters. The summed E-state index contributed by atoms with van der Waals surface area (Å²) in [7, 11) is 0. The molecule has 3 aliphatic carbocycles. The number of anilines is 2. The third-order valence-electron chi connectivity index (χ3n) is 12.8. The lowest BCUT2D eigenvalue weighted by Crippen LogP contribution is -2.17. The number of fused-ring (bicyclic) bond motifs is 3. The molecule has 0 spiro atoms. The van der Waals surface area contributed by atoms with Crippen molar-refractivity contribution in [1.29, 1.82) is 0 Å². The van der Waals surface area contributed by atoms with E-state index < -0.39 is 0 Å². The Morgan fingerprint density at radius 1 is 0.509 bits per heavy atom. The molecule has 0 amide bonds. The summed E-state index contributed by atoms with van der Waals surface area (Å²) in [4.78, 5) is 2.41. The van der Waals surface area contributed by atoms with Crippen molar-refractivity contribution in [3.8, 4) is 55.6 Å². The number of aryl methyl sites for hydroxylation is 1. The fourth-order valence-corrected chi connectivity index (χ4v) is 9.40. The summed E-state index contributed by atoms with van der Waals surface area (Å²) in [5, 5.41) is 0. The van der Waals surface area contributed by atoms with Crippen LogP contribution < -0.4 is 4.90 Å². The number of allylic oxidation sites excluding steroid dienone is 3. The lowest BCUT2D eigenvalue weighted by atomic mass is 9.81. The van der Waals surface area contributed by atoms with E-state index >= 15 is 0 Å². The SMILES string of the molecule is Cc1ccccc1-c1cccc(-c2ccc(-c3ccc(N(C4=CCC(C)C=C4)c4ccc(-c5ccc6c(c5)C(C)(C)c5ccccc5-6)cc4)cc3)cc2)c1C1CC1. The monoisotopic (exact) mass is 735 g/mol. The van der Waals surface area contributed by atoms with Gasteiger partial charge in [-0.2, -0.15) is 0 Å². The number of rotatable bonds is 8. The minimum Gasteiger partial charge on any atom is -0.311 e. The van der Waals surface area contributed by atoms with E-state index in [9.17, 15) is 0 Å². The van der Waals surface area contributed by atoms with Gasteiger partial charge in [0.1, 0.15) is 0 Å². The first kappa shape index (κ1) is 35.2. The van der Waals surface area contributed by atoms with E-state index in [4.69, 9.17) is 0 Å². The molecule has 1 saturated carbocycles. The first-order chi connectivity index (χ1) is 27.8. The van der Waals surface area contributed by atoms with Crippen LogP contribution >= 0.6 is 0 Å². The van der Waals surface area contributed by atoms with Gasteiger partial charge in [0.2, 0.25) is 0 Å². The van der Waals surface area contributed by atoms with Gasteiger partial charge in [-0.3, -0.25) is 0 Å². The highest BCUT2D eigenvalue weighted by molar-refractivity contribution is 5.85. The van der Waals surface area contributed by atoms with Crippen LogP contribution in [0.15, 0.2) is 182 Å². The molecule has 1 fully saturated rings. The quantitative estimate of drug-likeness (QED) is 0.150. The van der Waals surface area contributed by atoms with E-state index in [1.165, 1.54) is 96.4 Å². The van der Waals surface area contributed by atoms with Gasteiger partial charge >= 0.3 is 0 Å². The summed E-state index contributed by atoms with van der Waals surface area (Å²) < 4.78 is 0. The summed E-state index contributed by atoms with van der Waals surface area (Å²) in [6, 6.07) is 59.1. The van der Waals surface area contributed by atoms with Crippen molar-refractivity contribution in [3.05, 3.63) is 204 Å². The molecule has 0 radical (unpaired) electrons. The van der Waals surface area contributed by atoms with Crippen LogP contribution in [0.3, 0.4) is 0 Å². The highest BCUT2D eigenvalue weighted by atomic mass is 15.1. The topological polar surface area (TPSA) is 3.24 Å². The molecule has 0 aromatic heterocycles. The first-order valence-corrected chi connectivity index (χ1v) is 20.8. The molecule has 3 aliphatic rings. The van der Waals surface area contributed by atoms with Gasteiger partial charge in [0.05, 0.1) is 0 Å². The van der Waals surface area contributed by atoms with Crippen LogP contribution in [-0.4, -0.2) is 0 Å². The largest absolute Gasteiger partial charge is 0.311 e. The zero-order chi connectivity index (χ0) is 38.7. The van der Waals surface area contributed by atoms with Crippen LogP contribution in [-0.2, 0) is 5.41 Å². The maximum atomic E-state index is 2.41. The van der Waals surface area contributed by atoms with Crippen molar-refractivity contribution in [2.45, 2.75) is 58.3 Å². The first-order valence-electron chi connectivity index (χ1n) is 20.8. The van der Waals surface area contributed by atoms with Gasteiger partial charge in [-0.15, -0.1) is 0 Å². The molecule has 1 unspecified atom stereocenters. The van der Waals surface area contributed by atoms with Crippen molar-refractivity contribution in [3.63, 3.8) is 0 Å². The average molecular weight is 736 g/mol. The summed E-state index contributed by atoms with van der Waals surface area (Å²) in [5.41, 5.74) is 22.3. The van der Waals surface area contributed by atoms with Gasteiger partial charge < -0.3 is 4.90 Å². The predicted octanol–water partition coefficient (Wildman–Crippen LogP) is 15.5. The molecule has 10 rings (SSSR count). The van der Waals surface area contributed by atoms with Crippen LogP contribution in [0.5, 0.6) is 0 Å². The molecular formula is C56H49N. The second-order valence-electron chi connectivity index (χ2n) is 17.0. The van der Waals surface area contributed by atoms with Crippen LogP contribution in [0.25, 0.3) is 55.6 Å². The van der Waals surface area contributed by atoms with Gasteiger partial charge in [0.25, 0.3) is 0 Å². The van der Waals surface area contributed by atoms with Crippen molar-refractivity contribution >= 4 is 11.4 Å². The molecule has 0 aliphatic heterocycles. The third-order valence-corrected chi connectivity index (χ3v) is 12.8. The minimum atomic E-state index is -0.0167. The van der Waals surface area contributed by atoms with Crippen LogP contribution in [0, 0.1) is 12.8 Å². The summed E-state index contributed by atoms with van der Waals surface area (Å²) in [6.45, 7) is 9.22. The summed E-state index contributed by atoms with van der Waals surface area (Å²) >= 11 is 0. The maximum absolute atomic E-state index is 2.41. The van der Waals surface area contributed by atoms with E-state index in [1.807, 2.05) is 0 Å². The highest BCUT2D eigenvalue weighted by Crippen LogP contribution is 2.51. The molecule has 1 heteroatoms. The van der Waals surface area contributed by atoms with Crippen LogP contribution in [0.4, 0.5) is 11.4 Å². The van der Waals surface area contributed by atoms with E-state index in [-0.39, 0.29) is 5.41 Å². The Morgan fingerprint density at radius 2 is 1.05 bits per heavy atom. The lowest BCUT2D eigenvalue weighted by molar-refractivity contribution is 0.660. The molecule has 278 valence electrons. The van der Waals surface area contributed by atoms with Gasteiger partial charge in [0, 0.05) is 22.5 Å². The van der Waals surface area contributed by atoms with Gasteiger partial charge in [-0.25, -0.2) is 0 Å². The zero-order valence-electron chi connectivity index (χ0n) is 33.5. The smallest absolute Gasteiger partial charge is 0.0461 e. The Bertz CT molecular complexity index is 2680. The van der Waals surface area contributed by atoms with Gasteiger partial charge in [-0.1, -0.05) is 160 Å². The van der Waals surface area contributed by atoms with Crippen molar-refractivity contribution in [2.24, 2.45) is 5.92 Å². The second kappa shape index (κ2) is 14.1. The summed E-state index contributed by atoms with van der Waals surface area (Å²) in [5.74, 6) is 1.19. The number of benzene rings is 7. The third kappa shape index (κ3) is 6.36. The molecule has 0 heterocycles. The van der Waals surface area contributed by atoms with Gasteiger partial charge in [-0.05, 0) is 152 Å². The molecule has 0 bridgehead atoms. The lowest BCUT2D eigenvalue weighted by Gasteiger charge is -2.29. The van der Waals surface area contributed by atoms with Crippen LogP contribution in [0.2, 0.25) is 0 Å². The van der Waals surface area contributed by atoms with Crippen molar-refractivity contribution in [2.75, 3.05) is 4.90 Å². The van der Waals surface area contributed by atoms with E-state index in [0.717, 1.165) is 17.8 Å². The Labute approximate surface area is 338 Å². The fraction of sp³-hybridized carbons (Fsp3) is 0.179. The molecule has 7 aromatic rings. The Kier molecular flexibility index (Phi) is 8.71. The Hall–Kier alpha value is -6.18. The molecule has 7 aromatic carbocycles. The normalized spacial score (nSPS) is 16.5. The molecule has 1 nitrogen and oxygen atoms in total. The second-order valence-corrected chi connectivity index (χ2v) is 17.0. The Balaban J connectivity index is 0.937. The number of hydrogen-bond donors (Lipinski definition) is 0. The van der Waals surface area contributed by atoms with Crippen molar-refractivity contribution in [1.82, 2.24) is 0 Å². The zero-order valence-corrected chi connectivity index (χ0v) is 33.5. The van der Waals surface area contributed by atoms with Gasteiger partial charge in [0.15, 0.2) is 0 Å². The molecular weight excluding hydrogens is 687 g/mol. The highest BCUT2D eigenvalue weighted by Gasteiger charge is 2.35. The molecule has 0 saturated heterocycles. The fourth-order valence-electron chi connectivity index (χ4n) is 9.40. The van der Waals surface area contributed by atoms with Crippen LogP contribution in [0.1, 0.15) is 68.2 Å². The molecule has 57 heavy (non-hydrogen) atoms. The number of nitrogens with zero attached hydrogens (tertiary/aromatic N) is 1. The Morgan fingerprint density at radius 3 is 1.70 bits per heavy atom. The van der Waals surface area contributed by atoms with E-state index in [0.29, 0.717) is 11.8 Å². The maximum Gasteiger partial charge on any atom is 0.0461 e. The average Bonchev–Trinajstić information content (AvgIpc) is 4.07. The van der Waals surface area contributed by atoms with E-state index in [2.05, 4.69) is 209 Å². The summed E-state index contributed by atoms with van der Waals surface area (Å²) in [6.07, 6.45) is 10.6.